The lowest BCUT2D eigenvalue weighted by atomic mass is 10.2. The van der Waals surface area contributed by atoms with Gasteiger partial charge in [-0.3, -0.25) is 10.1 Å². The number of rotatable bonds is 4. The number of carbonyl (C=O) groups is 3. The van der Waals surface area contributed by atoms with Gasteiger partial charge in [-0.1, -0.05) is 0 Å². The van der Waals surface area contributed by atoms with Gasteiger partial charge in [-0.2, -0.15) is 0 Å². The molecule has 1 aromatic carbocycles. The third-order valence-corrected chi connectivity index (χ3v) is 3.71. The number of alkyl carbamates (subject to hydrolysis) is 1. The number of imide groups is 1. The highest BCUT2D eigenvalue weighted by Gasteiger charge is 2.21. The van der Waals surface area contributed by atoms with Gasteiger partial charge in [0, 0.05) is 6.26 Å². The molecule has 1 rings (SSSR count). The molecule has 1 atom stereocenters. The van der Waals surface area contributed by atoms with Crippen LogP contribution in [-0.4, -0.2) is 45.9 Å². The zero-order chi connectivity index (χ0) is 16.9. The van der Waals surface area contributed by atoms with Crippen LogP contribution < -0.4 is 5.32 Å². The van der Waals surface area contributed by atoms with E-state index in [-0.39, 0.29) is 10.5 Å². The van der Waals surface area contributed by atoms with Crippen molar-refractivity contribution in [1.29, 1.82) is 0 Å². The molecule has 22 heavy (non-hydrogen) atoms. The maximum Gasteiger partial charge on any atom is 0.413 e. The molecular formula is C13H15NO7S. The fourth-order valence-corrected chi connectivity index (χ4v) is 2.00. The highest BCUT2D eigenvalue weighted by molar-refractivity contribution is 7.90. The van der Waals surface area contributed by atoms with E-state index >= 15 is 0 Å². The first-order valence-electron chi connectivity index (χ1n) is 6.05. The van der Waals surface area contributed by atoms with Crippen LogP contribution in [0.25, 0.3) is 0 Å². The first kappa shape index (κ1) is 17.6. The normalized spacial score (nSPS) is 12.1. The Kier molecular flexibility index (Phi) is 5.63. The maximum absolute atomic E-state index is 11.8. The second kappa shape index (κ2) is 7.03. The number of sulfone groups is 1. The highest BCUT2D eigenvalue weighted by Crippen LogP contribution is 2.12. The molecule has 0 fully saturated rings. The Bertz CT molecular complexity index is 679. The molecule has 0 saturated heterocycles. The van der Waals surface area contributed by atoms with Crippen molar-refractivity contribution in [3.63, 3.8) is 0 Å². The molecule has 0 radical (unpaired) electrons. The Labute approximate surface area is 127 Å². The van der Waals surface area contributed by atoms with Crippen LogP contribution >= 0.6 is 0 Å². The van der Waals surface area contributed by atoms with Crippen LogP contribution in [0.3, 0.4) is 0 Å². The fraction of sp³-hybridized carbons (Fsp3) is 0.308. The van der Waals surface area contributed by atoms with Crippen molar-refractivity contribution < 1.29 is 32.3 Å². The van der Waals surface area contributed by atoms with E-state index in [1.807, 2.05) is 5.32 Å². The summed E-state index contributed by atoms with van der Waals surface area (Å²) in [5.74, 6) is -1.67. The smallest absolute Gasteiger partial charge is 0.413 e. The zero-order valence-corrected chi connectivity index (χ0v) is 13.0. The Morgan fingerprint density at radius 1 is 1.14 bits per heavy atom. The average molecular weight is 329 g/mol. The van der Waals surface area contributed by atoms with E-state index in [1.165, 1.54) is 31.2 Å². The van der Waals surface area contributed by atoms with Gasteiger partial charge in [0.05, 0.1) is 17.6 Å². The Morgan fingerprint density at radius 2 is 1.68 bits per heavy atom. The minimum Gasteiger partial charge on any atom is -0.453 e. The number of ether oxygens (including phenoxy) is 2. The standard InChI is InChI=1S/C13H15NO7S/c1-8(11(15)14-13(17)20-2)21-12(16)9-4-6-10(7-5-9)22(3,18)19/h4-8H,1-3H3,(H,14,15,17)/t8-/m0/s1. The van der Waals surface area contributed by atoms with Crippen LogP contribution in [0.4, 0.5) is 4.79 Å². The fourth-order valence-electron chi connectivity index (χ4n) is 1.37. The third-order valence-electron chi connectivity index (χ3n) is 2.58. The van der Waals surface area contributed by atoms with Crippen LogP contribution in [0.15, 0.2) is 29.2 Å². The molecule has 0 aromatic heterocycles. The summed E-state index contributed by atoms with van der Waals surface area (Å²) in [4.78, 5) is 34.2. The lowest BCUT2D eigenvalue weighted by Crippen LogP contribution is -2.39. The number of amides is 2. The predicted octanol–water partition coefficient (Wildman–Crippen LogP) is 0.518. The first-order valence-corrected chi connectivity index (χ1v) is 7.94. The summed E-state index contributed by atoms with van der Waals surface area (Å²) in [5, 5.41) is 1.86. The van der Waals surface area contributed by atoms with Crippen molar-refractivity contribution >= 4 is 27.8 Å². The van der Waals surface area contributed by atoms with Crippen LogP contribution in [-0.2, 0) is 24.1 Å². The van der Waals surface area contributed by atoms with Crippen LogP contribution in [0.5, 0.6) is 0 Å². The second-order valence-corrected chi connectivity index (χ2v) is 6.34. The topological polar surface area (TPSA) is 116 Å². The molecule has 0 spiro atoms. The first-order chi connectivity index (χ1) is 10.1. The summed E-state index contributed by atoms with van der Waals surface area (Å²) in [5.41, 5.74) is 0.0742. The van der Waals surface area contributed by atoms with Crippen molar-refractivity contribution in [3.05, 3.63) is 29.8 Å². The highest BCUT2D eigenvalue weighted by atomic mass is 32.2. The molecule has 2 amide bonds. The molecule has 0 bridgehead atoms. The van der Waals surface area contributed by atoms with Crippen LogP contribution in [0.1, 0.15) is 17.3 Å². The quantitative estimate of drug-likeness (QED) is 0.800. The number of esters is 1. The summed E-state index contributed by atoms with van der Waals surface area (Å²) < 4.78 is 31.7. The zero-order valence-electron chi connectivity index (χ0n) is 12.2. The lowest BCUT2D eigenvalue weighted by Gasteiger charge is -2.12. The molecule has 0 aliphatic carbocycles. The largest absolute Gasteiger partial charge is 0.453 e. The summed E-state index contributed by atoms with van der Waals surface area (Å²) in [6, 6.07) is 5.05. The molecule has 0 aliphatic rings. The molecule has 0 saturated carbocycles. The number of methoxy groups -OCH3 is 1. The van der Waals surface area contributed by atoms with Crippen molar-refractivity contribution in [2.75, 3.05) is 13.4 Å². The van der Waals surface area contributed by atoms with Crippen LogP contribution in [0, 0.1) is 0 Å². The second-order valence-electron chi connectivity index (χ2n) is 4.32. The van der Waals surface area contributed by atoms with Crippen molar-refractivity contribution in [1.82, 2.24) is 5.32 Å². The summed E-state index contributed by atoms with van der Waals surface area (Å²) >= 11 is 0. The molecule has 0 aliphatic heterocycles. The minimum absolute atomic E-state index is 0.0560. The molecule has 0 heterocycles. The number of benzene rings is 1. The van der Waals surface area contributed by atoms with Crippen LogP contribution in [0.2, 0.25) is 0 Å². The predicted molar refractivity (Wildman–Crippen MR) is 75.0 cm³/mol. The van der Waals surface area contributed by atoms with Gasteiger partial charge < -0.3 is 9.47 Å². The van der Waals surface area contributed by atoms with Crippen molar-refractivity contribution in [3.8, 4) is 0 Å². The monoisotopic (exact) mass is 329 g/mol. The molecule has 1 aromatic rings. The molecular weight excluding hydrogens is 314 g/mol. The summed E-state index contributed by atoms with van der Waals surface area (Å²) in [6.45, 7) is 1.28. The van der Waals surface area contributed by atoms with Gasteiger partial charge >= 0.3 is 12.1 Å². The number of hydrogen-bond donors (Lipinski definition) is 1. The van der Waals surface area contributed by atoms with E-state index in [1.54, 1.807) is 0 Å². The number of hydrogen-bond acceptors (Lipinski definition) is 7. The Hall–Kier alpha value is -2.42. The van der Waals surface area contributed by atoms with Gasteiger partial charge in [-0.15, -0.1) is 0 Å². The SMILES string of the molecule is COC(=O)NC(=O)[C@H](C)OC(=O)c1ccc(S(C)(=O)=O)cc1. The molecule has 1 N–H and O–H groups in total. The van der Waals surface area contributed by atoms with Gasteiger partial charge in [0.25, 0.3) is 5.91 Å². The maximum atomic E-state index is 11.8. The molecule has 9 heteroatoms. The van der Waals surface area contributed by atoms with E-state index in [9.17, 15) is 22.8 Å². The van der Waals surface area contributed by atoms with Gasteiger partial charge in [0.1, 0.15) is 0 Å². The van der Waals surface area contributed by atoms with Gasteiger partial charge in [-0.25, -0.2) is 18.0 Å². The molecule has 120 valence electrons. The van der Waals surface area contributed by atoms with Gasteiger partial charge in [0.2, 0.25) is 0 Å². The van der Waals surface area contributed by atoms with E-state index in [4.69, 9.17) is 4.74 Å². The van der Waals surface area contributed by atoms with Gasteiger partial charge in [0.15, 0.2) is 15.9 Å². The third kappa shape index (κ3) is 4.85. The number of carbonyl (C=O) groups excluding carboxylic acids is 3. The average Bonchev–Trinajstić information content (AvgIpc) is 2.46. The molecule has 8 nitrogen and oxygen atoms in total. The van der Waals surface area contributed by atoms with Crippen molar-refractivity contribution in [2.24, 2.45) is 0 Å². The Balaban J connectivity index is 2.73. The number of nitrogens with one attached hydrogen (secondary N) is 1. The summed E-state index contributed by atoms with van der Waals surface area (Å²) in [7, 11) is -2.28. The minimum atomic E-state index is -3.37. The van der Waals surface area contributed by atoms with E-state index in [0.717, 1.165) is 13.4 Å². The lowest BCUT2D eigenvalue weighted by molar-refractivity contribution is -0.128. The van der Waals surface area contributed by atoms with Crippen molar-refractivity contribution in [2.45, 2.75) is 17.9 Å². The van der Waals surface area contributed by atoms with E-state index in [2.05, 4.69) is 4.74 Å². The Morgan fingerprint density at radius 3 is 2.14 bits per heavy atom. The van der Waals surface area contributed by atoms with Gasteiger partial charge in [-0.05, 0) is 31.2 Å². The summed E-state index contributed by atoms with van der Waals surface area (Å²) in [6.07, 6.45) is -1.15. The van der Waals surface area contributed by atoms with E-state index in [0.29, 0.717) is 0 Å². The van der Waals surface area contributed by atoms with E-state index < -0.39 is 33.9 Å². The molecule has 0 unspecified atom stereocenters.